The minimum Gasteiger partial charge on any atom is -0.508 e. The van der Waals surface area contributed by atoms with Crippen molar-refractivity contribution < 1.29 is 5.11 Å². The molecule has 0 bridgehead atoms. The number of rotatable bonds is 2. The van der Waals surface area contributed by atoms with E-state index in [4.69, 9.17) is 4.98 Å². The first-order valence-electron chi connectivity index (χ1n) is 6.08. The van der Waals surface area contributed by atoms with Crippen LogP contribution in [0.5, 0.6) is 5.75 Å². The molecule has 17 heavy (non-hydrogen) atoms. The van der Waals surface area contributed by atoms with Gasteiger partial charge in [0.2, 0.25) is 0 Å². The van der Waals surface area contributed by atoms with Gasteiger partial charge in [-0.2, -0.15) is 0 Å². The predicted molar refractivity (Wildman–Crippen MR) is 70.4 cm³/mol. The number of benzene rings is 1. The van der Waals surface area contributed by atoms with Gasteiger partial charge in [-0.15, -0.1) is 11.3 Å². The maximum Gasteiger partial charge on any atom is 0.123 e. The van der Waals surface area contributed by atoms with Crippen LogP contribution in [0.4, 0.5) is 0 Å². The van der Waals surface area contributed by atoms with Gasteiger partial charge < -0.3 is 5.11 Å². The number of nitrogens with zero attached hydrogens (tertiary/aromatic N) is 1. The first kappa shape index (κ1) is 10.8. The average molecular weight is 245 g/mol. The lowest BCUT2D eigenvalue weighted by Gasteiger charge is -2.03. The zero-order valence-corrected chi connectivity index (χ0v) is 10.4. The van der Waals surface area contributed by atoms with Crippen LogP contribution in [0.2, 0.25) is 0 Å². The third-order valence-electron chi connectivity index (χ3n) is 3.41. The van der Waals surface area contributed by atoms with Crippen molar-refractivity contribution in [2.45, 2.75) is 31.6 Å². The molecule has 0 radical (unpaired) electrons. The third-order valence-corrected chi connectivity index (χ3v) is 4.32. The molecule has 1 heterocycles. The lowest BCUT2D eigenvalue weighted by atomic mass is 10.1. The number of phenolic OH excluding ortho intramolecular Hbond substituents is 1. The Morgan fingerprint density at radius 2 is 1.82 bits per heavy atom. The van der Waals surface area contributed by atoms with Gasteiger partial charge >= 0.3 is 0 Å². The summed E-state index contributed by atoms with van der Waals surface area (Å²) in [6.45, 7) is 0. The maximum atomic E-state index is 9.26. The molecule has 88 valence electrons. The number of thiazole rings is 1. The lowest BCUT2D eigenvalue weighted by Crippen LogP contribution is -1.91. The lowest BCUT2D eigenvalue weighted by molar-refractivity contribution is 0.475. The van der Waals surface area contributed by atoms with Gasteiger partial charge in [-0.1, -0.05) is 12.8 Å². The second kappa shape index (κ2) is 4.49. The summed E-state index contributed by atoms with van der Waals surface area (Å²) in [5.74, 6) is 0.985. The Morgan fingerprint density at radius 3 is 2.53 bits per heavy atom. The van der Waals surface area contributed by atoms with Gasteiger partial charge in [0.25, 0.3) is 0 Å². The molecular formula is C14H15NOS. The van der Waals surface area contributed by atoms with Crippen molar-refractivity contribution in [3.63, 3.8) is 0 Å². The summed E-state index contributed by atoms with van der Waals surface area (Å²) in [6, 6.07) is 7.27. The molecule has 0 unspecified atom stereocenters. The van der Waals surface area contributed by atoms with Crippen LogP contribution in [0, 0.1) is 0 Å². The number of aromatic nitrogens is 1. The van der Waals surface area contributed by atoms with Crippen molar-refractivity contribution in [2.75, 3.05) is 0 Å². The second-order valence-corrected chi connectivity index (χ2v) is 5.46. The first-order valence-corrected chi connectivity index (χ1v) is 6.96. The average Bonchev–Trinajstić information content (AvgIpc) is 3.00. The first-order chi connectivity index (χ1) is 8.33. The number of aromatic hydroxyl groups is 1. The van der Waals surface area contributed by atoms with Gasteiger partial charge in [0.05, 0.1) is 5.69 Å². The smallest absolute Gasteiger partial charge is 0.123 e. The molecule has 0 aliphatic heterocycles. The fourth-order valence-electron chi connectivity index (χ4n) is 2.43. The standard InChI is InChI=1S/C14H15NOS/c16-12-7-5-11(6-8-12)14-15-13(9-17-14)10-3-1-2-4-10/h5-10,16H,1-4H2. The monoisotopic (exact) mass is 245 g/mol. The van der Waals surface area contributed by atoms with Crippen molar-refractivity contribution in [2.24, 2.45) is 0 Å². The van der Waals surface area contributed by atoms with Crippen LogP contribution in [-0.2, 0) is 0 Å². The zero-order valence-electron chi connectivity index (χ0n) is 9.60. The Bertz CT molecular complexity index is 497. The van der Waals surface area contributed by atoms with Crippen LogP contribution in [0.15, 0.2) is 29.6 Å². The highest BCUT2D eigenvalue weighted by molar-refractivity contribution is 7.13. The summed E-state index contributed by atoms with van der Waals surface area (Å²) in [5.41, 5.74) is 2.35. The van der Waals surface area contributed by atoms with E-state index >= 15 is 0 Å². The molecule has 1 fully saturated rings. The minimum absolute atomic E-state index is 0.307. The van der Waals surface area contributed by atoms with Gasteiger partial charge in [0, 0.05) is 16.9 Å². The van der Waals surface area contributed by atoms with Crippen molar-refractivity contribution in [3.05, 3.63) is 35.3 Å². The normalized spacial score (nSPS) is 16.5. The molecule has 0 amide bonds. The highest BCUT2D eigenvalue weighted by Gasteiger charge is 2.19. The molecule has 2 nitrogen and oxygen atoms in total. The molecule has 0 spiro atoms. The Morgan fingerprint density at radius 1 is 1.12 bits per heavy atom. The molecule has 0 saturated heterocycles. The Labute approximate surface area is 105 Å². The maximum absolute atomic E-state index is 9.26. The quantitative estimate of drug-likeness (QED) is 0.861. The van der Waals surface area contributed by atoms with E-state index in [1.165, 1.54) is 31.4 Å². The van der Waals surface area contributed by atoms with Crippen LogP contribution in [-0.4, -0.2) is 10.1 Å². The molecule has 1 aliphatic rings. The number of hydrogen-bond acceptors (Lipinski definition) is 3. The Balaban J connectivity index is 1.86. The highest BCUT2D eigenvalue weighted by Crippen LogP contribution is 2.36. The van der Waals surface area contributed by atoms with Crippen LogP contribution in [0.3, 0.4) is 0 Å². The molecule has 3 heteroatoms. The fourth-order valence-corrected chi connectivity index (χ4v) is 3.34. The van der Waals surface area contributed by atoms with Crippen LogP contribution >= 0.6 is 11.3 Å². The van der Waals surface area contributed by atoms with Crippen molar-refractivity contribution >= 4 is 11.3 Å². The molecule has 1 N–H and O–H groups in total. The van der Waals surface area contributed by atoms with E-state index in [-0.39, 0.29) is 0 Å². The van der Waals surface area contributed by atoms with Gasteiger partial charge in [0.15, 0.2) is 0 Å². The van der Waals surface area contributed by atoms with Crippen molar-refractivity contribution in [1.29, 1.82) is 0 Å². The van der Waals surface area contributed by atoms with Gasteiger partial charge in [0.1, 0.15) is 10.8 Å². The predicted octanol–water partition coefficient (Wildman–Crippen LogP) is 4.17. The zero-order chi connectivity index (χ0) is 11.7. The van der Waals surface area contributed by atoms with E-state index in [2.05, 4.69) is 5.38 Å². The SMILES string of the molecule is Oc1ccc(-c2nc(C3CCCC3)cs2)cc1. The largest absolute Gasteiger partial charge is 0.508 e. The summed E-state index contributed by atoms with van der Waals surface area (Å²) in [6.07, 6.45) is 5.27. The highest BCUT2D eigenvalue weighted by atomic mass is 32.1. The van der Waals surface area contributed by atoms with Crippen molar-refractivity contribution in [1.82, 2.24) is 4.98 Å². The number of phenols is 1. The fraction of sp³-hybridized carbons (Fsp3) is 0.357. The van der Waals surface area contributed by atoms with Crippen LogP contribution in [0.25, 0.3) is 10.6 Å². The molecule has 1 aromatic heterocycles. The summed E-state index contributed by atoms with van der Waals surface area (Å²) in [7, 11) is 0. The van der Waals surface area contributed by atoms with E-state index in [1.54, 1.807) is 23.5 Å². The molecule has 1 aliphatic carbocycles. The van der Waals surface area contributed by atoms with Gasteiger partial charge in [-0.25, -0.2) is 4.98 Å². The summed E-state index contributed by atoms with van der Waals surface area (Å²) >= 11 is 1.70. The van der Waals surface area contributed by atoms with Gasteiger partial charge in [-0.05, 0) is 37.1 Å². The molecule has 1 aromatic carbocycles. The third kappa shape index (κ3) is 2.20. The Hall–Kier alpha value is -1.35. The molecular weight excluding hydrogens is 230 g/mol. The van der Waals surface area contributed by atoms with E-state index < -0.39 is 0 Å². The molecule has 1 saturated carbocycles. The van der Waals surface area contributed by atoms with Crippen LogP contribution in [0.1, 0.15) is 37.3 Å². The molecule has 2 aromatic rings. The number of hydrogen-bond donors (Lipinski definition) is 1. The van der Waals surface area contributed by atoms with Crippen molar-refractivity contribution in [3.8, 4) is 16.3 Å². The summed E-state index contributed by atoms with van der Waals surface area (Å²) in [5, 5.41) is 12.5. The Kier molecular flexibility index (Phi) is 2.85. The second-order valence-electron chi connectivity index (χ2n) is 4.61. The van der Waals surface area contributed by atoms with E-state index in [0.29, 0.717) is 11.7 Å². The van der Waals surface area contributed by atoms with Crippen LogP contribution < -0.4 is 0 Å². The topological polar surface area (TPSA) is 33.1 Å². The molecule has 3 rings (SSSR count). The van der Waals surface area contributed by atoms with Gasteiger partial charge in [-0.3, -0.25) is 0 Å². The summed E-state index contributed by atoms with van der Waals surface area (Å²) < 4.78 is 0. The van der Waals surface area contributed by atoms with E-state index in [9.17, 15) is 5.11 Å². The summed E-state index contributed by atoms with van der Waals surface area (Å²) in [4.78, 5) is 4.73. The van der Waals surface area contributed by atoms with E-state index in [1.807, 2.05) is 12.1 Å². The minimum atomic E-state index is 0.307. The molecule has 0 atom stereocenters. The van der Waals surface area contributed by atoms with E-state index in [0.717, 1.165) is 10.6 Å².